The van der Waals surface area contributed by atoms with Crippen LogP contribution in [0.25, 0.3) is 6.08 Å². The molecule has 0 heterocycles. The van der Waals surface area contributed by atoms with Gasteiger partial charge in [0.2, 0.25) is 0 Å². The summed E-state index contributed by atoms with van der Waals surface area (Å²) in [5.74, 6) is 0. The first-order valence-electron chi connectivity index (χ1n) is 6.54. The largest absolute Gasteiger partial charge is 0.748 e. The Labute approximate surface area is 132 Å². The third kappa shape index (κ3) is 6.38. The van der Waals surface area contributed by atoms with Crippen molar-refractivity contribution in [3.63, 3.8) is 0 Å². The van der Waals surface area contributed by atoms with Crippen molar-refractivity contribution in [3.8, 4) is 0 Å². The minimum absolute atomic E-state index is 0. The molecule has 0 radical (unpaired) electrons. The van der Waals surface area contributed by atoms with Crippen LogP contribution in [0.4, 0.5) is 0 Å². The molecule has 0 unspecified atom stereocenters. The van der Waals surface area contributed by atoms with Gasteiger partial charge in [-0.3, -0.25) is 0 Å². The van der Waals surface area contributed by atoms with E-state index in [1.54, 1.807) is 0 Å². The molecule has 0 aromatic heterocycles. The molecular weight excluding hydrogens is 284 g/mol. The Hall–Kier alpha value is -1.82. The molecule has 0 spiro atoms. The van der Waals surface area contributed by atoms with Crippen molar-refractivity contribution in [1.82, 2.24) is 0 Å². The van der Waals surface area contributed by atoms with Crippen molar-refractivity contribution in [2.75, 3.05) is 0 Å². The average molecular weight is 302 g/mol. The van der Waals surface area contributed by atoms with Crippen molar-refractivity contribution < 1.29 is 17.1 Å². The first kappa shape index (κ1) is 16.2. The van der Waals surface area contributed by atoms with E-state index >= 15 is 0 Å². The van der Waals surface area contributed by atoms with Crippen molar-refractivity contribution >= 4 is 6.08 Å². The molecule has 20 heavy (non-hydrogen) atoms. The summed E-state index contributed by atoms with van der Waals surface area (Å²) in [5, 5.41) is 0. The third-order valence-corrected chi connectivity index (χ3v) is 2.75. The molecule has 0 saturated carbocycles. The molecule has 0 amide bonds. The van der Waals surface area contributed by atoms with Crippen LogP contribution in [0.1, 0.15) is 11.1 Å². The number of benzene rings is 1. The van der Waals surface area contributed by atoms with Gasteiger partial charge in [0.05, 0.1) is 0 Å². The van der Waals surface area contributed by atoms with Crippen molar-refractivity contribution in [2.45, 2.75) is 6.42 Å². The summed E-state index contributed by atoms with van der Waals surface area (Å²) in [6.45, 7) is 0. The van der Waals surface area contributed by atoms with Crippen LogP contribution < -0.4 is 0 Å². The van der Waals surface area contributed by atoms with Gasteiger partial charge in [-0.25, -0.2) is 0 Å². The summed E-state index contributed by atoms with van der Waals surface area (Å²) < 4.78 is 0. The van der Waals surface area contributed by atoms with Crippen molar-refractivity contribution in [1.29, 1.82) is 0 Å². The van der Waals surface area contributed by atoms with E-state index in [9.17, 15) is 0 Å². The molecule has 0 fully saturated rings. The normalized spacial score (nSPS) is 9.60. The second-order valence-corrected chi connectivity index (χ2v) is 4.27. The monoisotopic (exact) mass is 302 g/mol. The van der Waals surface area contributed by atoms with E-state index in [2.05, 4.69) is 60.7 Å². The second kappa shape index (κ2) is 10.0. The molecule has 0 saturated heterocycles. The molecule has 0 aliphatic heterocycles. The summed E-state index contributed by atoms with van der Waals surface area (Å²) in [7, 11) is 0. The maximum atomic E-state index is 2.20. The zero-order chi connectivity index (χ0) is 13.2. The SMILES string of the molecule is C(=C[c-]1cccc1)Cc1ccccc1.[Fe].[cH-]1[cH-][cH-][cH-][cH-]1. The predicted molar refractivity (Wildman–Crippen MR) is 83.3 cm³/mol. The van der Waals surface area contributed by atoms with Crippen LogP contribution in [-0.2, 0) is 23.5 Å². The van der Waals surface area contributed by atoms with Gasteiger partial charge in [-0.05, 0) is 6.42 Å². The summed E-state index contributed by atoms with van der Waals surface area (Å²) >= 11 is 0. The van der Waals surface area contributed by atoms with Gasteiger partial charge in [-0.15, -0.1) is 29.8 Å². The van der Waals surface area contributed by atoms with Crippen molar-refractivity contribution in [2.24, 2.45) is 0 Å². The maximum Gasteiger partial charge on any atom is 0 e. The zero-order valence-corrected chi connectivity index (χ0v) is 12.4. The van der Waals surface area contributed by atoms with E-state index < -0.39 is 0 Å². The molecule has 0 nitrogen and oxygen atoms in total. The molecule has 0 atom stereocenters. The van der Waals surface area contributed by atoms with Crippen LogP contribution in [-0.4, -0.2) is 0 Å². The molecule has 3 aromatic carbocycles. The van der Waals surface area contributed by atoms with Gasteiger partial charge in [0.15, 0.2) is 0 Å². The minimum Gasteiger partial charge on any atom is -0.748 e. The van der Waals surface area contributed by atoms with Gasteiger partial charge in [0, 0.05) is 17.1 Å². The molecule has 3 aromatic rings. The smallest absolute Gasteiger partial charge is 0 e. The van der Waals surface area contributed by atoms with Gasteiger partial charge in [0.25, 0.3) is 0 Å². The fourth-order valence-corrected chi connectivity index (χ4v) is 1.77. The van der Waals surface area contributed by atoms with E-state index in [1.807, 2.05) is 36.4 Å². The Morgan fingerprint density at radius 1 is 0.800 bits per heavy atom. The molecule has 108 valence electrons. The number of hydrogen-bond donors (Lipinski definition) is 0. The van der Waals surface area contributed by atoms with Crippen LogP contribution in [0.15, 0.2) is 91.0 Å². The summed E-state index contributed by atoms with van der Waals surface area (Å²) in [5.41, 5.74) is 2.64. The average Bonchev–Trinajstić information content (AvgIpc) is 3.16. The predicted octanol–water partition coefficient (Wildman–Crippen LogP) is 5.06. The van der Waals surface area contributed by atoms with E-state index in [-0.39, 0.29) is 17.1 Å². The fourth-order valence-electron chi connectivity index (χ4n) is 1.77. The second-order valence-electron chi connectivity index (χ2n) is 4.27. The van der Waals surface area contributed by atoms with Gasteiger partial charge < -0.3 is 30.3 Å². The van der Waals surface area contributed by atoms with Crippen LogP contribution in [0.3, 0.4) is 0 Å². The van der Waals surface area contributed by atoms with E-state index in [0.717, 1.165) is 6.42 Å². The molecule has 1 heteroatoms. The van der Waals surface area contributed by atoms with Gasteiger partial charge in [0.1, 0.15) is 0 Å². The maximum absolute atomic E-state index is 2.20. The Morgan fingerprint density at radius 2 is 1.35 bits per heavy atom. The van der Waals surface area contributed by atoms with E-state index in [1.165, 1.54) is 11.1 Å². The Balaban J connectivity index is 0.000000283. The van der Waals surface area contributed by atoms with Gasteiger partial charge >= 0.3 is 0 Å². The molecule has 0 N–H and O–H groups in total. The number of hydrogen-bond acceptors (Lipinski definition) is 0. The minimum atomic E-state index is 0. The van der Waals surface area contributed by atoms with Gasteiger partial charge in [-0.2, -0.15) is 12.1 Å². The summed E-state index contributed by atoms with van der Waals surface area (Å²) in [6.07, 6.45) is 5.36. The zero-order valence-electron chi connectivity index (χ0n) is 11.3. The molecular formula is C19H18Fe-6. The van der Waals surface area contributed by atoms with Crippen LogP contribution in [0, 0.1) is 0 Å². The summed E-state index contributed by atoms with van der Waals surface area (Å²) in [6, 6.07) is 28.8. The molecule has 0 bridgehead atoms. The Bertz CT molecular complexity index is 528. The third-order valence-electron chi connectivity index (χ3n) is 2.75. The molecule has 0 aliphatic rings. The first-order valence-corrected chi connectivity index (χ1v) is 6.54. The van der Waals surface area contributed by atoms with Gasteiger partial charge in [-0.1, -0.05) is 35.9 Å². The first-order chi connectivity index (χ1) is 9.45. The summed E-state index contributed by atoms with van der Waals surface area (Å²) in [4.78, 5) is 0. The number of rotatable bonds is 3. The Morgan fingerprint density at radius 3 is 1.90 bits per heavy atom. The molecule has 3 rings (SSSR count). The number of allylic oxidation sites excluding steroid dienone is 1. The van der Waals surface area contributed by atoms with E-state index in [4.69, 9.17) is 0 Å². The topological polar surface area (TPSA) is 0 Å². The van der Waals surface area contributed by atoms with Crippen molar-refractivity contribution in [3.05, 3.63) is 102 Å². The Kier molecular flexibility index (Phi) is 8.14. The standard InChI is InChI=1S/C14H13.C5H5.Fe/c1-2-7-13(8-3-1)11-6-12-14-9-4-5-10-14;1-2-4-5-3-1;/h1-10,12H,11H2;1-5H;/q-1;-5;. The van der Waals surface area contributed by atoms with E-state index in [0.29, 0.717) is 0 Å². The quantitative estimate of drug-likeness (QED) is 0.468. The van der Waals surface area contributed by atoms with Crippen LogP contribution in [0.2, 0.25) is 0 Å². The molecule has 0 aliphatic carbocycles. The fraction of sp³-hybridized carbons (Fsp3) is 0.0526. The van der Waals surface area contributed by atoms with Crippen LogP contribution >= 0.6 is 0 Å². The van der Waals surface area contributed by atoms with Crippen LogP contribution in [0.5, 0.6) is 0 Å².